The van der Waals surface area contributed by atoms with Gasteiger partial charge < -0.3 is 9.64 Å². The van der Waals surface area contributed by atoms with E-state index in [0.29, 0.717) is 18.8 Å². The van der Waals surface area contributed by atoms with Gasteiger partial charge in [0.2, 0.25) is 17.7 Å². The van der Waals surface area contributed by atoms with Crippen LogP contribution in [-0.4, -0.2) is 63.9 Å². The lowest BCUT2D eigenvalue weighted by molar-refractivity contribution is -0.122. The van der Waals surface area contributed by atoms with Gasteiger partial charge in [-0.25, -0.2) is 14.7 Å². The normalized spacial score (nSPS) is 23.5. The van der Waals surface area contributed by atoms with Crippen molar-refractivity contribution in [1.29, 1.82) is 0 Å². The number of amides is 3. The molecule has 9 nitrogen and oxygen atoms in total. The van der Waals surface area contributed by atoms with Crippen LogP contribution in [0.25, 0.3) is 0 Å². The van der Waals surface area contributed by atoms with E-state index in [1.807, 2.05) is 18.2 Å². The molecular formula is C24H27N5O4. The molecule has 1 aliphatic carbocycles. The van der Waals surface area contributed by atoms with Crippen molar-refractivity contribution >= 4 is 23.6 Å². The first kappa shape index (κ1) is 21.5. The van der Waals surface area contributed by atoms with E-state index in [-0.39, 0.29) is 29.5 Å². The molecular weight excluding hydrogens is 422 g/mol. The van der Waals surface area contributed by atoms with E-state index in [9.17, 15) is 14.4 Å². The van der Waals surface area contributed by atoms with E-state index >= 15 is 0 Å². The highest BCUT2D eigenvalue weighted by Gasteiger charge is 2.48. The van der Waals surface area contributed by atoms with Gasteiger partial charge in [0.1, 0.15) is 0 Å². The van der Waals surface area contributed by atoms with Gasteiger partial charge in [-0.1, -0.05) is 18.9 Å². The topological polar surface area (TPSA) is 95.9 Å². The number of carbonyl (C=O) groups is 3. The molecule has 9 heteroatoms. The van der Waals surface area contributed by atoms with Crippen LogP contribution in [0, 0.1) is 11.8 Å². The van der Waals surface area contributed by atoms with Gasteiger partial charge in [0, 0.05) is 45.0 Å². The van der Waals surface area contributed by atoms with Crippen LogP contribution in [0.3, 0.4) is 0 Å². The summed E-state index contributed by atoms with van der Waals surface area (Å²) in [7, 11) is 0. The lowest BCUT2D eigenvalue weighted by atomic mass is 9.81. The van der Waals surface area contributed by atoms with E-state index in [4.69, 9.17) is 4.74 Å². The van der Waals surface area contributed by atoms with Gasteiger partial charge in [0.15, 0.2) is 0 Å². The van der Waals surface area contributed by atoms with Gasteiger partial charge in [0.25, 0.3) is 0 Å². The number of hydrogen-bond donors (Lipinski definition) is 0. The summed E-state index contributed by atoms with van der Waals surface area (Å²) >= 11 is 0. The van der Waals surface area contributed by atoms with Crippen molar-refractivity contribution in [2.45, 2.75) is 32.2 Å². The molecule has 1 saturated carbocycles. The zero-order chi connectivity index (χ0) is 22.8. The first-order chi connectivity index (χ1) is 16.1. The number of fused-ring (bicyclic) bond motifs is 1. The second-order valence-corrected chi connectivity index (χ2v) is 8.82. The Morgan fingerprint density at radius 1 is 0.939 bits per heavy atom. The predicted molar refractivity (Wildman–Crippen MR) is 119 cm³/mol. The molecule has 0 spiro atoms. The van der Waals surface area contributed by atoms with Crippen LogP contribution in [0.4, 0.5) is 10.5 Å². The second-order valence-electron chi connectivity index (χ2n) is 8.82. The van der Waals surface area contributed by atoms with Gasteiger partial charge in [-0.2, -0.15) is 0 Å². The first-order valence-corrected chi connectivity index (χ1v) is 11.5. The Bertz CT molecular complexity index is 997. The minimum atomic E-state index is -0.452. The van der Waals surface area contributed by atoms with Crippen molar-refractivity contribution < 1.29 is 19.1 Å². The number of aromatic nitrogens is 2. The van der Waals surface area contributed by atoms with Crippen LogP contribution in [-0.2, 0) is 16.1 Å². The molecule has 2 aromatic rings. The molecule has 2 atom stereocenters. The number of hydrogen-bond acceptors (Lipinski definition) is 7. The SMILES string of the molecule is O=C(Oc1ccc(N2C(=O)C3CCCCC3C2=O)cn1)N1CCN(Cc2ccccn2)CC1. The van der Waals surface area contributed by atoms with E-state index in [1.165, 1.54) is 17.2 Å². The van der Waals surface area contributed by atoms with Crippen LogP contribution in [0.15, 0.2) is 42.7 Å². The summed E-state index contributed by atoms with van der Waals surface area (Å²) in [6.07, 6.45) is 6.27. The van der Waals surface area contributed by atoms with Crippen molar-refractivity contribution in [3.63, 3.8) is 0 Å². The Kier molecular flexibility index (Phi) is 6.04. The van der Waals surface area contributed by atoms with Gasteiger partial charge in [-0.05, 0) is 31.0 Å². The summed E-state index contributed by atoms with van der Waals surface area (Å²) in [6.45, 7) is 3.34. The molecule has 3 aliphatic rings. The quantitative estimate of drug-likeness (QED) is 0.662. The fraction of sp³-hybridized carbons (Fsp3) is 0.458. The molecule has 2 aliphatic heterocycles. The molecule has 5 rings (SSSR count). The zero-order valence-corrected chi connectivity index (χ0v) is 18.4. The highest BCUT2D eigenvalue weighted by Crippen LogP contribution is 2.40. The number of piperazine rings is 1. The lowest BCUT2D eigenvalue weighted by Crippen LogP contribution is -2.49. The van der Waals surface area contributed by atoms with E-state index in [2.05, 4.69) is 14.9 Å². The number of anilines is 1. The molecule has 172 valence electrons. The maximum absolute atomic E-state index is 12.7. The number of nitrogens with zero attached hydrogens (tertiary/aromatic N) is 5. The van der Waals surface area contributed by atoms with Gasteiger partial charge in [-0.15, -0.1) is 0 Å². The third-order valence-electron chi connectivity index (χ3n) is 6.75. The van der Waals surface area contributed by atoms with Gasteiger partial charge in [-0.3, -0.25) is 19.5 Å². The third-order valence-corrected chi connectivity index (χ3v) is 6.75. The average Bonchev–Trinajstić information content (AvgIpc) is 3.11. The van der Waals surface area contributed by atoms with Crippen molar-refractivity contribution in [1.82, 2.24) is 19.8 Å². The standard InChI is InChI=1S/C24H27N5O4/c30-22-19-6-1-2-7-20(19)23(31)29(22)18-8-9-21(26-15-18)33-24(32)28-13-11-27(12-14-28)16-17-5-3-4-10-25-17/h3-5,8-10,15,19-20H,1-2,6-7,11-14,16H2. The van der Waals surface area contributed by atoms with Crippen LogP contribution in [0.1, 0.15) is 31.4 Å². The Balaban J connectivity index is 1.15. The van der Waals surface area contributed by atoms with Crippen LogP contribution in [0.2, 0.25) is 0 Å². The summed E-state index contributed by atoms with van der Waals surface area (Å²) in [5, 5.41) is 0. The molecule has 0 bridgehead atoms. The zero-order valence-electron chi connectivity index (χ0n) is 18.4. The Labute approximate surface area is 192 Å². The number of ether oxygens (including phenoxy) is 1. The number of rotatable bonds is 4. The smallest absolute Gasteiger partial charge is 0.391 e. The monoisotopic (exact) mass is 449 g/mol. The Morgan fingerprint density at radius 3 is 2.27 bits per heavy atom. The van der Waals surface area contributed by atoms with E-state index in [0.717, 1.165) is 51.0 Å². The molecule has 2 saturated heterocycles. The molecule has 2 unspecified atom stereocenters. The van der Waals surface area contributed by atoms with E-state index in [1.54, 1.807) is 17.2 Å². The summed E-state index contributed by atoms with van der Waals surface area (Å²) in [6, 6.07) is 9.01. The van der Waals surface area contributed by atoms with Crippen LogP contribution < -0.4 is 9.64 Å². The highest BCUT2D eigenvalue weighted by atomic mass is 16.6. The molecule has 3 amide bonds. The molecule has 3 fully saturated rings. The number of carbonyl (C=O) groups excluding carboxylic acids is 3. The molecule has 0 radical (unpaired) electrons. The Hall–Kier alpha value is -3.33. The van der Waals surface area contributed by atoms with Gasteiger partial charge in [0.05, 0.1) is 29.4 Å². The fourth-order valence-electron chi connectivity index (χ4n) is 4.95. The summed E-state index contributed by atoms with van der Waals surface area (Å²) in [5.41, 5.74) is 1.44. The minimum Gasteiger partial charge on any atom is -0.391 e. The van der Waals surface area contributed by atoms with Crippen molar-refractivity contribution in [2.75, 3.05) is 31.1 Å². The third kappa shape index (κ3) is 4.45. The predicted octanol–water partition coefficient (Wildman–Crippen LogP) is 2.47. The van der Waals surface area contributed by atoms with Crippen molar-refractivity contribution in [2.24, 2.45) is 11.8 Å². The molecule has 4 heterocycles. The maximum atomic E-state index is 12.7. The van der Waals surface area contributed by atoms with Crippen molar-refractivity contribution in [3.8, 4) is 5.88 Å². The van der Waals surface area contributed by atoms with Crippen LogP contribution in [0.5, 0.6) is 5.88 Å². The largest absolute Gasteiger partial charge is 0.416 e. The van der Waals surface area contributed by atoms with E-state index < -0.39 is 6.09 Å². The molecule has 0 N–H and O–H groups in total. The van der Waals surface area contributed by atoms with Crippen LogP contribution >= 0.6 is 0 Å². The number of imide groups is 1. The minimum absolute atomic E-state index is 0.139. The summed E-state index contributed by atoms with van der Waals surface area (Å²) < 4.78 is 5.43. The second kappa shape index (κ2) is 9.27. The Morgan fingerprint density at radius 2 is 1.67 bits per heavy atom. The summed E-state index contributed by atoms with van der Waals surface area (Å²) in [5.74, 6) is -0.545. The summed E-state index contributed by atoms with van der Waals surface area (Å²) in [4.78, 5) is 51.7. The molecule has 33 heavy (non-hydrogen) atoms. The molecule has 2 aromatic heterocycles. The lowest BCUT2D eigenvalue weighted by Gasteiger charge is -2.33. The highest BCUT2D eigenvalue weighted by molar-refractivity contribution is 6.22. The molecule has 0 aromatic carbocycles. The van der Waals surface area contributed by atoms with Gasteiger partial charge >= 0.3 is 6.09 Å². The number of pyridine rings is 2. The van der Waals surface area contributed by atoms with Crippen molar-refractivity contribution in [3.05, 3.63) is 48.4 Å². The maximum Gasteiger partial charge on any atom is 0.416 e. The average molecular weight is 450 g/mol. The first-order valence-electron chi connectivity index (χ1n) is 11.5. The fourth-order valence-corrected chi connectivity index (χ4v) is 4.95.